The van der Waals surface area contributed by atoms with Gasteiger partial charge in [-0.2, -0.15) is 18.3 Å². The molecule has 24 heavy (non-hydrogen) atoms. The number of carbonyl (C=O) groups is 1. The largest absolute Gasteiger partial charge is 0.416 e. The lowest BCUT2D eigenvalue weighted by Gasteiger charge is -2.06. The Morgan fingerprint density at radius 3 is 2.71 bits per heavy atom. The van der Waals surface area contributed by atoms with Gasteiger partial charge in [0.15, 0.2) is 10.1 Å². The quantitative estimate of drug-likeness (QED) is 0.561. The number of hydrazone groups is 1. The van der Waals surface area contributed by atoms with Crippen molar-refractivity contribution in [3.63, 3.8) is 0 Å². The molecule has 0 aliphatic rings. The van der Waals surface area contributed by atoms with Crippen LogP contribution in [-0.2, 0) is 6.18 Å². The van der Waals surface area contributed by atoms with Crippen molar-refractivity contribution < 1.29 is 18.0 Å². The molecule has 3 rings (SSSR count). The van der Waals surface area contributed by atoms with Gasteiger partial charge in [0.1, 0.15) is 5.69 Å². The topological polar surface area (TPSA) is 58.8 Å². The van der Waals surface area contributed by atoms with Crippen molar-refractivity contribution in [2.24, 2.45) is 5.10 Å². The molecule has 124 valence electrons. The van der Waals surface area contributed by atoms with E-state index in [2.05, 4.69) is 15.5 Å². The van der Waals surface area contributed by atoms with Gasteiger partial charge < -0.3 is 0 Å². The summed E-state index contributed by atoms with van der Waals surface area (Å²) in [5.41, 5.74) is 1.95. The number of hydrogen-bond donors (Lipinski definition) is 1. The van der Waals surface area contributed by atoms with E-state index in [1.807, 2.05) is 5.38 Å². The molecule has 0 bridgehead atoms. The predicted octanol–water partition coefficient (Wildman–Crippen LogP) is 3.83. The number of amides is 1. The highest BCUT2D eigenvalue weighted by atomic mass is 35.5. The second kappa shape index (κ2) is 6.25. The van der Waals surface area contributed by atoms with Crippen LogP contribution >= 0.6 is 22.9 Å². The van der Waals surface area contributed by atoms with Gasteiger partial charge in [-0.25, -0.2) is 10.4 Å². The monoisotopic (exact) mass is 372 g/mol. The third-order valence-corrected chi connectivity index (χ3v) is 4.12. The van der Waals surface area contributed by atoms with Crippen LogP contribution in [0.5, 0.6) is 0 Å². The number of nitrogens with zero attached hydrogens (tertiary/aromatic N) is 3. The molecule has 0 aliphatic heterocycles. The molecular formula is C14H8ClF3N4OS. The molecule has 10 heteroatoms. The first-order valence-corrected chi connectivity index (χ1v) is 7.74. The average Bonchev–Trinajstić information content (AvgIpc) is 3.08. The maximum atomic E-state index is 12.5. The molecule has 0 spiro atoms. The molecule has 2 aromatic heterocycles. The van der Waals surface area contributed by atoms with E-state index < -0.39 is 17.6 Å². The molecule has 0 unspecified atom stereocenters. The number of benzene rings is 1. The second-order valence-electron chi connectivity index (χ2n) is 4.62. The highest BCUT2D eigenvalue weighted by molar-refractivity contribution is 7.15. The van der Waals surface area contributed by atoms with Crippen molar-refractivity contribution in [2.75, 3.05) is 0 Å². The number of alkyl halides is 3. The van der Waals surface area contributed by atoms with Gasteiger partial charge in [-0.05, 0) is 24.3 Å². The number of halogens is 4. The van der Waals surface area contributed by atoms with Gasteiger partial charge in [0.2, 0.25) is 0 Å². The summed E-state index contributed by atoms with van der Waals surface area (Å²) in [4.78, 5) is 16.6. The number of nitrogens with one attached hydrogen (secondary N) is 1. The minimum absolute atomic E-state index is 0.0558. The molecule has 0 saturated heterocycles. The highest BCUT2D eigenvalue weighted by Gasteiger charge is 2.30. The van der Waals surface area contributed by atoms with Crippen molar-refractivity contribution in [1.29, 1.82) is 0 Å². The minimum atomic E-state index is -4.45. The molecule has 5 nitrogen and oxygen atoms in total. The highest BCUT2D eigenvalue weighted by Crippen LogP contribution is 2.29. The molecule has 1 N–H and O–H groups in total. The molecule has 0 radical (unpaired) electrons. The van der Waals surface area contributed by atoms with E-state index in [-0.39, 0.29) is 10.7 Å². The predicted molar refractivity (Wildman–Crippen MR) is 84.6 cm³/mol. The van der Waals surface area contributed by atoms with Crippen LogP contribution in [-0.4, -0.2) is 21.5 Å². The number of imidazole rings is 1. The Bertz CT molecular complexity index is 914. The summed E-state index contributed by atoms with van der Waals surface area (Å²) in [5, 5.41) is 5.81. The molecule has 0 atom stereocenters. The summed E-state index contributed by atoms with van der Waals surface area (Å²) in [7, 11) is 0. The maximum absolute atomic E-state index is 12.5. The first-order chi connectivity index (χ1) is 11.4. The minimum Gasteiger partial charge on any atom is -0.288 e. The van der Waals surface area contributed by atoms with E-state index in [9.17, 15) is 18.0 Å². The lowest BCUT2D eigenvalue weighted by molar-refractivity contribution is -0.137. The van der Waals surface area contributed by atoms with Crippen molar-refractivity contribution in [3.05, 3.63) is 57.8 Å². The SMILES string of the molecule is O=C(N/N=C\c1c(Cl)nc2sccn12)c1ccc(C(F)(F)F)cc1. The second-order valence-corrected chi connectivity index (χ2v) is 5.85. The maximum Gasteiger partial charge on any atom is 0.416 e. The summed E-state index contributed by atoms with van der Waals surface area (Å²) < 4.78 is 39.1. The van der Waals surface area contributed by atoms with Gasteiger partial charge in [0, 0.05) is 17.1 Å². The summed E-state index contributed by atoms with van der Waals surface area (Å²) in [5.74, 6) is -0.637. The average molecular weight is 373 g/mol. The molecular weight excluding hydrogens is 365 g/mol. The van der Waals surface area contributed by atoms with Crippen molar-refractivity contribution in [3.8, 4) is 0 Å². The zero-order valence-corrected chi connectivity index (χ0v) is 13.3. The third kappa shape index (κ3) is 3.26. The van der Waals surface area contributed by atoms with E-state index >= 15 is 0 Å². The number of rotatable bonds is 3. The first kappa shape index (κ1) is 16.5. The van der Waals surface area contributed by atoms with Gasteiger partial charge in [0.05, 0.1) is 11.8 Å². The summed E-state index contributed by atoms with van der Waals surface area (Å²) in [6.07, 6.45) is -1.38. The molecule has 0 saturated carbocycles. The van der Waals surface area contributed by atoms with E-state index in [4.69, 9.17) is 11.6 Å². The fourth-order valence-corrected chi connectivity index (χ4v) is 2.91. The Balaban J connectivity index is 1.71. The Hall–Kier alpha value is -2.39. The molecule has 0 fully saturated rings. The molecule has 2 heterocycles. The van der Waals surface area contributed by atoms with Crippen LogP contribution in [0.4, 0.5) is 13.2 Å². The van der Waals surface area contributed by atoms with Crippen LogP contribution in [0.1, 0.15) is 21.6 Å². The molecule has 1 aromatic carbocycles. The fraction of sp³-hybridized carbons (Fsp3) is 0.0714. The number of thiazole rings is 1. The third-order valence-electron chi connectivity index (χ3n) is 3.08. The van der Waals surface area contributed by atoms with Crippen molar-refractivity contribution in [2.45, 2.75) is 6.18 Å². The normalized spacial score (nSPS) is 12.2. The number of aromatic nitrogens is 2. The van der Waals surface area contributed by atoms with Gasteiger partial charge in [0.25, 0.3) is 5.91 Å². The Labute approximate surface area is 142 Å². The van der Waals surface area contributed by atoms with Crippen LogP contribution in [0.3, 0.4) is 0 Å². The van der Waals surface area contributed by atoms with Gasteiger partial charge in [-0.15, -0.1) is 11.3 Å². The van der Waals surface area contributed by atoms with Crippen LogP contribution in [0, 0.1) is 0 Å². The summed E-state index contributed by atoms with van der Waals surface area (Å²) in [6.45, 7) is 0. The van der Waals surface area contributed by atoms with Gasteiger partial charge in [-0.3, -0.25) is 9.20 Å². The zero-order valence-electron chi connectivity index (χ0n) is 11.7. The van der Waals surface area contributed by atoms with E-state index in [0.717, 1.165) is 24.3 Å². The van der Waals surface area contributed by atoms with Crippen LogP contribution in [0.15, 0.2) is 40.9 Å². The standard InChI is InChI=1S/C14H8ClF3N4OS/c15-11-10(22-5-6-24-13(22)20-11)7-19-21-12(23)8-1-3-9(4-2-8)14(16,17)18/h1-7H,(H,21,23)/b19-7-. The summed E-state index contributed by atoms with van der Waals surface area (Å²) in [6, 6.07) is 3.83. The van der Waals surface area contributed by atoms with Crippen molar-refractivity contribution in [1.82, 2.24) is 14.8 Å². The molecule has 0 aliphatic carbocycles. The Morgan fingerprint density at radius 2 is 2.04 bits per heavy atom. The van der Waals surface area contributed by atoms with Crippen molar-refractivity contribution >= 4 is 40.0 Å². The Morgan fingerprint density at radius 1 is 1.33 bits per heavy atom. The summed E-state index contributed by atoms with van der Waals surface area (Å²) >= 11 is 7.35. The smallest absolute Gasteiger partial charge is 0.288 e. The number of fused-ring (bicyclic) bond motifs is 1. The lowest BCUT2D eigenvalue weighted by Crippen LogP contribution is -2.18. The van der Waals surface area contributed by atoms with Gasteiger partial charge >= 0.3 is 6.18 Å². The Kier molecular flexibility index (Phi) is 4.29. The lowest BCUT2D eigenvalue weighted by atomic mass is 10.1. The molecule has 3 aromatic rings. The van der Waals surface area contributed by atoms with E-state index in [1.165, 1.54) is 17.6 Å². The fourth-order valence-electron chi connectivity index (χ4n) is 1.92. The first-order valence-electron chi connectivity index (χ1n) is 6.48. The number of carbonyl (C=O) groups excluding carboxylic acids is 1. The van der Waals surface area contributed by atoms with Crippen LogP contribution in [0.2, 0.25) is 5.15 Å². The van der Waals surface area contributed by atoms with E-state index in [0.29, 0.717) is 10.7 Å². The molecule has 1 amide bonds. The number of hydrogen-bond acceptors (Lipinski definition) is 4. The zero-order chi connectivity index (χ0) is 17.3. The van der Waals surface area contributed by atoms with Crippen LogP contribution in [0.25, 0.3) is 4.96 Å². The van der Waals surface area contributed by atoms with Crippen LogP contribution < -0.4 is 5.43 Å². The van der Waals surface area contributed by atoms with E-state index in [1.54, 1.807) is 10.6 Å². The van der Waals surface area contributed by atoms with Gasteiger partial charge in [-0.1, -0.05) is 11.6 Å².